The van der Waals surface area contributed by atoms with Crippen molar-refractivity contribution in [3.8, 4) is 5.13 Å². The average molecular weight is 348 g/mol. The molecule has 0 aliphatic carbocycles. The van der Waals surface area contributed by atoms with E-state index in [1.807, 2.05) is 17.6 Å². The molecule has 0 radical (unpaired) electrons. The second kappa shape index (κ2) is 7.26. The molecule has 0 spiro atoms. The molecule has 2 aromatic heterocycles. The number of carbonyl (C=O) groups excluding carboxylic acids is 1. The summed E-state index contributed by atoms with van der Waals surface area (Å²) < 4.78 is 1.72. The molecule has 1 aromatic carbocycles. The molecule has 0 saturated heterocycles. The first-order chi connectivity index (χ1) is 11.2. The van der Waals surface area contributed by atoms with Gasteiger partial charge in [0.25, 0.3) is 0 Å². The second-order valence-electron chi connectivity index (χ2n) is 4.71. The van der Waals surface area contributed by atoms with E-state index >= 15 is 0 Å². The minimum atomic E-state index is -0.255. The van der Waals surface area contributed by atoms with Gasteiger partial charge in [-0.15, -0.1) is 11.3 Å². The fourth-order valence-electron chi connectivity index (χ4n) is 1.91. The average Bonchev–Trinajstić information content (AvgIpc) is 3.20. The maximum absolute atomic E-state index is 11.8. The van der Waals surface area contributed by atoms with E-state index in [2.05, 4.69) is 20.7 Å². The van der Waals surface area contributed by atoms with Crippen molar-refractivity contribution in [1.29, 1.82) is 0 Å². The molecule has 2 heterocycles. The third-order valence-corrected chi connectivity index (χ3v) is 4.14. The van der Waals surface area contributed by atoms with E-state index in [1.54, 1.807) is 35.1 Å². The molecule has 0 atom stereocenters. The highest BCUT2D eigenvalue weighted by Gasteiger charge is 2.05. The number of anilines is 1. The number of urea groups is 1. The molecule has 2 amide bonds. The van der Waals surface area contributed by atoms with Gasteiger partial charge in [0.15, 0.2) is 0 Å². The van der Waals surface area contributed by atoms with Gasteiger partial charge < -0.3 is 10.6 Å². The Labute approximate surface area is 142 Å². The van der Waals surface area contributed by atoms with Gasteiger partial charge in [0.05, 0.1) is 5.69 Å². The maximum atomic E-state index is 11.8. The third kappa shape index (κ3) is 4.30. The van der Waals surface area contributed by atoms with E-state index in [9.17, 15) is 4.79 Å². The SMILES string of the molecule is O=C(NCCc1csc(-n2cccn2)n1)Nc1ccc(Cl)cc1. The van der Waals surface area contributed by atoms with Gasteiger partial charge in [0.2, 0.25) is 5.13 Å². The predicted octanol–water partition coefficient (Wildman–Crippen LogP) is 3.35. The molecule has 2 N–H and O–H groups in total. The fourth-order valence-corrected chi connectivity index (χ4v) is 2.83. The van der Waals surface area contributed by atoms with Crippen molar-refractivity contribution in [2.24, 2.45) is 0 Å². The highest BCUT2D eigenvalue weighted by molar-refractivity contribution is 7.12. The van der Waals surface area contributed by atoms with Gasteiger partial charge >= 0.3 is 6.03 Å². The van der Waals surface area contributed by atoms with Gasteiger partial charge in [-0.05, 0) is 30.3 Å². The fraction of sp³-hybridized carbons (Fsp3) is 0.133. The number of hydrogen-bond acceptors (Lipinski definition) is 4. The molecule has 6 nitrogen and oxygen atoms in total. The molecule has 0 saturated carbocycles. The summed E-state index contributed by atoms with van der Waals surface area (Å²) in [7, 11) is 0. The molecular formula is C15H14ClN5OS. The summed E-state index contributed by atoms with van der Waals surface area (Å²) in [5.41, 5.74) is 1.62. The van der Waals surface area contributed by atoms with Gasteiger partial charge in [0, 0.05) is 41.4 Å². The van der Waals surface area contributed by atoms with E-state index in [1.165, 1.54) is 11.3 Å². The van der Waals surface area contributed by atoms with Gasteiger partial charge in [0.1, 0.15) is 0 Å². The normalized spacial score (nSPS) is 10.5. The first-order valence-electron chi connectivity index (χ1n) is 6.95. The van der Waals surface area contributed by atoms with E-state index in [4.69, 9.17) is 11.6 Å². The predicted molar refractivity (Wildman–Crippen MR) is 91.4 cm³/mol. The lowest BCUT2D eigenvalue weighted by atomic mass is 10.3. The largest absolute Gasteiger partial charge is 0.337 e. The third-order valence-electron chi connectivity index (χ3n) is 3.01. The van der Waals surface area contributed by atoms with Crippen LogP contribution in [0, 0.1) is 0 Å². The maximum Gasteiger partial charge on any atom is 0.319 e. The van der Waals surface area contributed by atoms with Crippen LogP contribution in [-0.4, -0.2) is 27.3 Å². The Morgan fingerprint density at radius 3 is 2.87 bits per heavy atom. The van der Waals surface area contributed by atoms with Gasteiger partial charge in [-0.3, -0.25) is 0 Å². The number of aromatic nitrogens is 3. The Morgan fingerprint density at radius 1 is 1.30 bits per heavy atom. The topological polar surface area (TPSA) is 71.8 Å². The Morgan fingerprint density at radius 2 is 2.13 bits per heavy atom. The molecular weight excluding hydrogens is 334 g/mol. The van der Waals surface area contributed by atoms with Gasteiger partial charge in [-0.25, -0.2) is 14.5 Å². The minimum Gasteiger partial charge on any atom is -0.337 e. The first-order valence-corrected chi connectivity index (χ1v) is 8.21. The lowest BCUT2D eigenvalue weighted by Crippen LogP contribution is -2.30. The zero-order chi connectivity index (χ0) is 16.1. The number of halogens is 1. The van der Waals surface area contributed by atoms with E-state index in [-0.39, 0.29) is 6.03 Å². The van der Waals surface area contributed by atoms with Crippen LogP contribution in [0.25, 0.3) is 5.13 Å². The van der Waals surface area contributed by atoms with Crippen LogP contribution in [0.1, 0.15) is 5.69 Å². The Kier molecular flexibility index (Phi) is 4.89. The zero-order valence-corrected chi connectivity index (χ0v) is 13.6. The van der Waals surface area contributed by atoms with Crippen molar-refractivity contribution in [3.05, 3.63) is 58.8 Å². The Hall–Kier alpha value is -2.38. The van der Waals surface area contributed by atoms with Crippen LogP contribution >= 0.6 is 22.9 Å². The smallest absolute Gasteiger partial charge is 0.319 e. The van der Waals surface area contributed by atoms with Crippen LogP contribution in [0.5, 0.6) is 0 Å². The molecule has 0 bridgehead atoms. The summed E-state index contributed by atoms with van der Waals surface area (Å²) in [5, 5.41) is 13.1. The molecule has 23 heavy (non-hydrogen) atoms. The second-order valence-corrected chi connectivity index (χ2v) is 5.98. The molecule has 3 rings (SSSR count). The number of carbonyl (C=O) groups is 1. The van der Waals surface area contributed by atoms with Crippen molar-refractivity contribution in [2.75, 3.05) is 11.9 Å². The van der Waals surface area contributed by atoms with Crippen LogP contribution < -0.4 is 10.6 Å². The van der Waals surface area contributed by atoms with Gasteiger partial charge in [-0.1, -0.05) is 11.6 Å². The molecule has 3 aromatic rings. The molecule has 0 unspecified atom stereocenters. The van der Waals surface area contributed by atoms with E-state index < -0.39 is 0 Å². The number of amides is 2. The molecule has 118 valence electrons. The summed E-state index contributed by atoms with van der Waals surface area (Å²) >= 11 is 7.32. The number of nitrogens with zero attached hydrogens (tertiary/aromatic N) is 3. The number of thiazole rings is 1. The highest BCUT2D eigenvalue weighted by Crippen LogP contribution is 2.14. The summed E-state index contributed by atoms with van der Waals surface area (Å²) in [6.45, 7) is 0.502. The van der Waals surface area contributed by atoms with Crippen molar-refractivity contribution < 1.29 is 4.79 Å². The highest BCUT2D eigenvalue weighted by atomic mass is 35.5. The van der Waals surface area contributed by atoms with Crippen molar-refractivity contribution in [2.45, 2.75) is 6.42 Å². The molecule has 0 aliphatic heterocycles. The molecule has 8 heteroatoms. The van der Waals surface area contributed by atoms with Crippen LogP contribution in [0.4, 0.5) is 10.5 Å². The molecule has 0 aliphatic rings. The van der Waals surface area contributed by atoms with E-state index in [0.717, 1.165) is 10.8 Å². The zero-order valence-electron chi connectivity index (χ0n) is 12.1. The monoisotopic (exact) mass is 347 g/mol. The van der Waals surface area contributed by atoms with Crippen LogP contribution in [0.3, 0.4) is 0 Å². The van der Waals surface area contributed by atoms with Crippen LogP contribution in [0.15, 0.2) is 48.1 Å². The van der Waals surface area contributed by atoms with Crippen molar-refractivity contribution >= 4 is 34.7 Å². The standard InChI is InChI=1S/C15H14ClN5OS/c16-11-2-4-12(5-3-11)19-14(22)17-8-6-13-10-23-15(20-13)21-9-1-7-18-21/h1-5,7,9-10H,6,8H2,(H2,17,19,22). The van der Waals surface area contributed by atoms with Crippen molar-refractivity contribution in [3.63, 3.8) is 0 Å². The minimum absolute atomic E-state index is 0.255. The summed E-state index contributed by atoms with van der Waals surface area (Å²) in [6, 6.07) is 8.54. The number of nitrogens with one attached hydrogen (secondary N) is 2. The van der Waals surface area contributed by atoms with Gasteiger partial charge in [-0.2, -0.15) is 5.10 Å². The number of benzene rings is 1. The Bertz CT molecular complexity index is 770. The van der Waals surface area contributed by atoms with Crippen molar-refractivity contribution in [1.82, 2.24) is 20.1 Å². The lowest BCUT2D eigenvalue weighted by molar-refractivity contribution is 0.252. The number of rotatable bonds is 5. The summed E-state index contributed by atoms with van der Waals surface area (Å²) in [4.78, 5) is 16.3. The van der Waals surface area contributed by atoms with Crippen LogP contribution in [0.2, 0.25) is 5.02 Å². The van der Waals surface area contributed by atoms with Crippen LogP contribution in [-0.2, 0) is 6.42 Å². The summed E-state index contributed by atoms with van der Waals surface area (Å²) in [5.74, 6) is 0. The number of hydrogen-bond donors (Lipinski definition) is 2. The quantitative estimate of drug-likeness (QED) is 0.743. The lowest BCUT2D eigenvalue weighted by Gasteiger charge is -2.06. The van der Waals surface area contributed by atoms with E-state index in [0.29, 0.717) is 23.7 Å². The summed E-state index contributed by atoms with van der Waals surface area (Å²) in [6.07, 6.45) is 4.22. The first kappa shape index (κ1) is 15.5. The molecule has 0 fully saturated rings. The Balaban J connectivity index is 1.46.